The summed E-state index contributed by atoms with van der Waals surface area (Å²) in [6, 6.07) is 0. The lowest BCUT2D eigenvalue weighted by Gasteiger charge is -2.42. The zero-order valence-corrected chi connectivity index (χ0v) is 10.1. The summed E-state index contributed by atoms with van der Waals surface area (Å²) in [6.07, 6.45) is 7.26. The molecule has 2 aliphatic rings. The van der Waals surface area contributed by atoms with Gasteiger partial charge in [-0.2, -0.15) is 0 Å². The summed E-state index contributed by atoms with van der Waals surface area (Å²) in [7, 11) is 0. The second-order valence-corrected chi connectivity index (χ2v) is 5.98. The SMILES string of the molecule is C=C(C)[C@@H]1CC[C@@]2(CC[C@@H](O)C[C@H]2C)C1. The van der Waals surface area contributed by atoms with Gasteiger partial charge in [0.05, 0.1) is 6.10 Å². The molecule has 0 aromatic rings. The molecule has 2 fully saturated rings. The molecule has 0 unspecified atom stereocenters. The molecule has 0 aliphatic heterocycles. The average molecular weight is 208 g/mol. The molecule has 0 aromatic heterocycles. The van der Waals surface area contributed by atoms with Crippen LogP contribution in [0.1, 0.15) is 52.4 Å². The summed E-state index contributed by atoms with van der Waals surface area (Å²) in [5.41, 5.74) is 1.91. The summed E-state index contributed by atoms with van der Waals surface area (Å²) < 4.78 is 0. The molecule has 4 atom stereocenters. The van der Waals surface area contributed by atoms with Crippen LogP contribution < -0.4 is 0 Å². The minimum absolute atomic E-state index is 0.0329. The lowest BCUT2D eigenvalue weighted by Crippen LogP contribution is -2.35. The van der Waals surface area contributed by atoms with Gasteiger partial charge in [0.15, 0.2) is 0 Å². The number of aliphatic hydroxyl groups is 1. The van der Waals surface area contributed by atoms with Gasteiger partial charge >= 0.3 is 0 Å². The largest absolute Gasteiger partial charge is 0.393 e. The Morgan fingerprint density at radius 3 is 2.53 bits per heavy atom. The Morgan fingerprint density at radius 2 is 2.00 bits per heavy atom. The molecule has 1 N–H and O–H groups in total. The van der Waals surface area contributed by atoms with Crippen LogP contribution in [-0.2, 0) is 0 Å². The number of hydrogen-bond acceptors (Lipinski definition) is 1. The van der Waals surface area contributed by atoms with Crippen LogP contribution in [0.15, 0.2) is 12.2 Å². The van der Waals surface area contributed by atoms with E-state index in [1.54, 1.807) is 0 Å². The van der Waals surface area contributed by atoms with E-state index in [4.69, 9.17) is 0 Å². The highest BCUT2D eigenvalue weighted by Gasteiger charge is 2.45. The van der Waals surface area contributed by atoms with Gasteiger partial charge in [0, 0.05) is 0 Å². The van der Waals surface area contributed by atoms with Crippen LogP contribution >= 0.6 is 0 Å². The number of allylic oxidation sites excluding steroid dienone is 1. The topological polar surface area (TPSA) is 20.2 Å². The van der Waals surface area contributed by atoms with Crippen molar-refractivity contribution in [2.75, 3.05) is 0 Å². The number of rotatable bonds is 1. The van der Waals surface area contributed by atoms with E-state index in [1.165, 1.54) is 31.3 Å². The third kappa shape index (κ3) is 1.99. The van der Waals surface area contributed by atoms with Gasteiger partial charge in [-0.15, -0.1) is 0 Å². The molecule has 1 heteroatoms. The van der Waals surface area contributed by atoms with Crippen LogP contribution in [0.25, 0.3) is 0 Å². The predicted octanol–water partition coefficient (Wildman–Crippen LogP) is 3.53. The molecule has 0 radical (unpaired) electrons. The molecule has 0 amide bonds. The van der Waals surface area contributed by atoms with Crippen molar-refractivity contribution in [3.63, 3.8) is 0 Å². The van der Waals surface area contributed by atoms with Gasteiger partial charge in [-0.25, -0.2) is 0 Å². The minimum atomic E-state index is -0.0329. The van der Waals surface area contributed by atoms with E-state index < -0.39 is 0 Å². The van der Waals surface area contributed by atoms with Gasteiger partial charge in [0.2, 0.25) is 0 Å². The third-order valence-electron chi connectivity index (χ3n) is 4.99. The first-order valence-electron chi connectivity index (χ1n) is 6.37. The van der Waals surface area contributed by atoms with Crippen LogP contribution in [-0.4, -0.2) is 11.2 Å². The molecular weight excluding hydrogens is 184 g/mol. The molecule has 1 spiro atoms. The second kappa shape index (κ2) is 3.93. The van der Waals surface area contributed by atoms with Crippen molar-refractivity contribution in [1.29, 1.82) is 0 Å². The molecule has 2 aliphatic carbocycles. The molecule has 0 heterocycles. The fourth-order valence-electron chi connectivity index (χ4n) is 3.73. The lowest BCUT2D eigenvalue weighted by atomic mass is 9.64. The van der Waals surface area contributed by atoms with Crippen molar-refractivity contribution in [3.05, 3.63) is 12.2 Å². The molecule has 2 saturated carbocycles. The van der Waals surface area contributed by atoms with Crippen LogP contribution in [0.5, 0.6) is 0 Å². The summed E-state index contributed by atoms with van der Waals surface area (Å²) in [5.74, 6) is 1.45. The number of aliphatic hydroxyl groups excluding tert-OH is 1. The van der Waals surface area contributed by atoms with E-state index in [1.807, 2.05) is 0 Å². The fraction of sp³-hybridized carbons (Fsp3) is 0.857. The smallest absolute Gasteiger partial charge is 0.0543 e. The van der Waals surface area contributed by atoms with Crippen molar-refractivity contribution in [2.45, 2.75) is 58.5 Å². The van der Waals surface area contributed by atoms with Gasteiger partial charge in [-0.05, 0) is 62.7 Å². The molecule has 0 saturated heterocycles. The maximum absolute atomic E-state index is 9.68. The fourth-order valence-corrected chi connectivity index (χ4v) is 3.73. The van der Waals surface area contributed by atoms with Crippen molar-refractivity contribution in [1.82, 2.24) is 0 Å². The minimum Gasteiger partial charge on any atom is -0.393 e. The Kier molecular flexibility index (Phi) is 2.94. The first-order valence-corrected chi connectivity index (χ1v) is 6.37. The second-order valence-electron chi connectivity index (χ2n) is 5.98. The van der Waals surface area contributed by atoms with Gasteiger partial charge in [-0.1, -0.05) is 19.1 Å². The Hall–Kier alpha value is -0.300. The Bertz CT molecular complexity index is 258. The Morgan fingerprint density at radius 1 is 1.33 bits per heavy atom. The quantitative estimate of drug-likeness (QED) is 0.654. The van der Waals surface area contributed by atoms with Crippen LogP contribution in [0.4, 0.5) is 0 Å². The summed E-state index contributed by atoms with van der Waals surface area (Å²) in [6.45, 7) is 8.61. The average Bonchev–Trinajstić information content (AvgIpc) is 2.58. The third-order valence-corrected chi connectivity index (χ3v) is 4.99. The molecular formula is C14H24O. The van der Waals surface area contributed by atoms with Crippen molar-refractivity contribution in [2.24, 2.45) is 17.3 Å². The van der Waals surface area contributed by atoms with E-state index in [0.29, 0.717) is 11.3 Å². The molecule has 2 rings (SSSR count). The first kappa shape index (κ1) is 11.2. The zero-order chi connectivity index (χ0) is 11.1. The normalized spacial score (nSPS) is 45.9. The molecule has 1 nitrogen and oxygen atoms in total. The van der Waals surface area contributed by atoms with E-state index in [2.05, 4.69) is 20.4 Å². The van der Waals surface area contributed by atoms with Gasteiger partial charge < -0.3 is 5.11 Å². The van der Waals surface area contributed by atoms with Crippen LogP contribution in [0, 0.1) is 17.3 Å². The van der Waals surface area contributed by atoms with E-state index >= 15 is 0 Å². The van der Waals surface area contributed by atoms with Crippen molar-refractivity contribution >= 4 is 0 Å². The lowest BCUT2D eigenvalue weighted by molar-refractivity contribution is 0.0180. The highest BCUT2D eigenvalue weighted by Crippen LogP contribution is 2.55. The van der Waals surface area contributed by atoms with E-state index in [0.717, 1.165) is 18.8 Å². The monoisotopic (exact) mass is 208 g/mol. The molecule has 0 bridgehead atoms. The van der Waals surface area contributed by atoms with Crippen LogP contribution in [0.2, 0.25) is 0 Å². The van der Waals surface area contributed by atoms with Gasteiger partial charge in [0.1, 0.15) is 0 Å². The number of hydrogen-bond donors (Lipinski definition) is 1. The summed E-state index contributed by atoms with van der Waals surface area (Å²) in [4.78, 5) is 0. The van der Waals surface area contributed by atoms with Crippen molar-refractivity contribution < 1.29 is 5.11 Å². The van der Waals surface area contributed by atoms with Crippen molar-refractivity contribution in [3.8, 4) is 0 Å². The van der Waals surface area contributed by atoms with Gasteiger partial charge in [-0.3, -0.25) is 0 Å². The molecule has 0 aromatic carbocycles. The highest BCUT2D eigenvalue weighted by atomic mass is 16.3. The van der Waals surface area contributed by atoms with E-state index in [-0.39, 0.29) is 6.10 Å². The summed E-state index contributed by atoms with van der Waals surface area (Å²) >= 11 is 0. The molecule has 86 valence electrons. The van der Waals surface area contributed by atoms with Crippen LogP contribution in [0.3, 0.4) is 0 Å². The zero-order valence-electron chi connectivity index (χ0n) is 10.1. The Balaban J connectivity index is 2.06. The Labute approximate surface area is 93.6 Å². The highest BCUT2D eigenvalue weighted by molar-refractivity contribution is 5.06. The standard InChI is InChI=1S/C14H24O/c1-10(2)12-4-6-14(9-12)7-5-13(15)8-11(14)3/h11-13,15H,1,4-9H2,2-3H3/t11-,12-,13-,14-/m1/s1. The summed E-state index contributed by atoms with van der Waals surface area (Å²) in [5, 5.41) is 9.68. The predicted molar refractivity (Wildman–Crippen MR) is 63.6 cm³/mol. The van der Waals surface area contributed by atoms with E-state index in [9.17, 15) is 5.11 Å². The maximum Gasteiger partial charge on any atom is 0.0543 e. The maximum atomic E-state index is 9.68. The molecule has 15 heavy (non-hydrogen) atoms. The first-order chi connectivity index (χ1) is 7.03. The van der Waals surface area contributed by atoms with Gasteiger partial charge in [0.25, 0.3) is 0 Å².